The van der Waals surface area contributed by atoms with Gasteiger partial charge in [0, 0.05) is 14.2 Å². The molecule has 0 atom stereocenters. The number of Topliss-reactive ketones (excluding diaryl/α,β-unsaturated/α-hetero) is 1. The number of aldehydes is 1. The van der Waals surface area contributed by atoms with Crippen LogP contribution in [0.4, 0.5) is 0 Å². The number of hydrogen-bond donors (Lipinski definition) is 0. The fourth-order valence-corrected chi connectivity index (χ4v) is 0.625. The minimum absolute atomic E-state index is 0. The maximum atomic E-state index is 10.8. The largest absolute Gasteiger partial charge is 1.00 e. The minimum Gasteiger partial charge on any atom is -1.00 e. The van der Waals surface area contributed by atoms with E-state index in [0.717, 1.165) is 0 Å². The van der Waals surface area contributed by atoms with Gasteiger partial charge in [-0.3, -0.25) is 4.79 Å². The van der Waals surface area contributed by atoms with E-state index in [1.807, 2.05) is 0 Å². The van der Waals surface area contributed by atoms with Crippen molar-refractivity contribution in [2.75, 3.05) is 14.2 Å². The van der Waals surface area contributed by atoms with Gasteiger partial charge in [-0.05, 0) is 0 Å². The van der Waals surface area contributed by atoms with Crippen LogP contribution >= 0.6 is 0 Å². The van der Waals surface area contributed by atoms with E-state index in [4.69, 9.17) is 9.47 Å². The Kier molecular flexibility index (Phi) is 11.5. The number of ether oxygens (including phenoxy) is 2. The second-order valence-corrected chi connectivity index (χ2v) is 2.01. The Bertz CT molecular complexity index is 138. The molecule has 0 aromatic carbocycles. The predicted octanol–water partition coefficient (Wildman–Crippen LogP) is -2.73. The summed E-state index contributed by atoms with van der Waals surface area (Å²) in [4.78, 5) is 20.7. The normalized spacial score (nSPS) is 9.25. The molecule has 5 heteroatoms. The molecule has 0 aliphatic carbocycles. The van der Waals surface area contributed by atoms with Gasteiger partial charge in [0.25, 0.3) is 0 Å². The van der Waals surface area contributed by atoms with Gasteiger partial charge in [-0.15, -0.1) is 0 Å². The summed E-state index contributed by atoms with van der Waals surface area (Å²) in [6.07, 6.45) is 0.113. The zero-order chi connectivity index (χ0) is 8.69. The molecule has 0 spiro atoms. The average Bonchev–Trinajstić information content (AvgIpc) is 2.01. The summed E-state index contributed by atoms with van der Waals surface area (Å²) in [7, 11) is 2.89. The van der Waals surface area contributed by atoms with Crippen molar-refractivity contribution in [3.05, 3.63) is 0 Å². The number of hydrogen-bond acceptors (Lipinski definition) is 4. The second kappa shape index (κ2) is 9.35. The molecule has 0 aliphatic rings. The predicted molar refractivity (Wildman–Crippen MR) is 39.2 cm³/mol. The van der Waals surface area contributed by atoms with Gasteiger partial charge < -0.3 is 15.7 Å². The molecule has 0 saturated carbocycles. The van der Waals surface area contributed by atoms with Crippen molar-refractivity contribution in [3.63, 3.8) is 0 Å². The van der Waals surface area contributed by atoms with Crippen LogP contribution in [0, 0.1) is 0 Å². The molecule has 12 heavy (non-hydrogen) atoms. The number of methoxy groups -OCH3 is 2. The molecule has 0 fully saturated rings. The molecule has 0 unspecified atom stereocenters. The van der Waals surface area contributed by atoms with Crippen LogP contribution in [0.2, 0.25) is 0 Å². The molecule has 0 amide bonds. The van der Waals surface area contributed by atoms with Crippen LogP contribution in [0.3, 0.4) is 0 Å². The maximum absolute atomic E-state index is 10.8. The number of carbonyl (C=O) groups excluding carboxylic acids is 2. The van der Waals surface area contributed by atoms with Crippen molar-refractivity contribution < 1.29 is 50.0 Å². The summed E-state index contributed by atoms with van der Waals surface area (Å²) in [5.74, 6) is -0.172. The second-order valence-electron chi connectivity index (χ2n) is 2.01. The van der Waals surface area contributed by atoms with Crippen LogP contribution in [-0.4, -0.2) is 32.6 Å². The third kappa shape index (κ3) is 6.94. The minimum atomic E-state index is -0.526. The Balaban J connectivity index is -0.000000500. The molecule has 0 N–H and O–H groups in total. The maximum Gasteiger partial charge on any atom is 1.00 e. The van der Waals surface area contributed by atoms with Crippen molar-refractivity contribution in [1.29, 1.82) is 0 Å². The van der Waals surface area contributed by atoms with E-state index in [9.17, 15) is 9.59 Å². The van der Waals surface area contributed by atoms with E-state index in [1.165, 1.54) is 14.2 Å². The third-order valence-corrected chi connectivity index (χ3v) is 1.23. The van der Waals surface area contributed by atoms with Gasteiger partial charge in [0.15, 0.2) is 6.29 Å². The van der Waals surface area contributed by atoms with E-state index in [2.05, 4.69) is 0 Å². The third-order valence-electron chi connectivity index (χ3n) is 1.23. The molecule has 4 nitrogen and oxygen atoms in total. The Morgan fingerprint density at radius 2 is 2.00 bits per heavy atom. The van der Waals surface area contributed by atoms with Gasteiger partial charge in [0.05, 0.1) is 12.8 Å². The van der Waals surface area contributed by atoms with E-state index in [0.29, 0.717) is 6.29 Å². The molecule has 0 aliphatic heterocycles. The summed E-state index contributed by atoms with van der Waals surface area (Å²) in [5.41, 5.74) is 0. The van der Waals surface area contributed by atoms with Gasteiger partial charge in [-0.25, -0.2) is 0 Å². The van der Waals surface area contributed by atoms with E-state index in [1.54, 1.807) is 0 Å². The zero-order valence-electron chi connectivity index (χ0n) is 8.70. The Morgan fingerprint density at radius 1 is 1.50 bits per heavy atom. The van der Waals surface area contributed by atoms with Gasteiger partial charge >= 0.3 is 29.6 Å². The van der Waals surface area contributed by atoms with Crippen LogP contribution in [0.5, 0.6) is 0 Å². The van der Waals surface area contributed by atoms with Crippen LogP contribution in [0.25, 0.3) is 0 Å². The van der Waals surface area contributed by atoms with Crippen molar-refractivity contribution in [2.24, 2.45) is 0 Å². The van der Waals surface area contributed by atoms with Crippen LogP contribution in [0.15, 0.2) is 0 Å². The zero-order valence-corrected chi connectivity index (χ0v) is 9.70. The molecule has 66 valence electrons. The molecule has 0 radical (unpaired) electrons. The molecular weight excluding hydrogens is 171 g/mol. The van der Waals surface area contributed by atoms with Crippen LogP contribution in [-0.2, 0) is 19.1 Å². The molecule has 0 saturated heterocycles. The molecule has 0 aromatic heterocycles. The molecular formula is C7H13NaO4. The van der Waals surface area contributed by atoms with Crippen molar-refractivity contribution in [2.45, 2.75) is 19.1 Å². The standard InChI is InChI=1S/C7H12O4.Na.H/c1-10-7(11-2)5-6(9)3-4-8;;/h4,7H,3,5H2,1-2H3;;/q;+1;-1. The number of rotatable bonds is 6. The smallest absolute Gasteiger partial charge is 1.00 e. The molecule has 0 aromatic rings. The summed E-state index contributed by atoms with van der Waals surface area (Å²) < 4.78 is 9.51. The quantitative estimate of drug-likeness (QED) is 0.195. The van der Waals surface area contributed by atoms with Crippen LogP contribution < -0.4 is 29.6 Å². The number of carbonyl (C=O) groups is 2. The topological polar surface area (TPSA) is 52.6 Å². The summed E-state index contributed by atoms with van der Waals surface area (Å²) in [6, 6.07) is 0. The first-order chi connectivity index (χ1) is 5.24. The van der Waals surface area contributed by atoms with Gasteiger partial charge in [-0.2, -0.15) is 0 Å². The fourth-order valence-electron chi connectivity index (χ4n) is 0.625. The van der Waals surface area contributed by atoms with Gasteiger partial charge in [-0.1, -0.05) is 0 Å². The monoisotopic (exact) mass is 184 g/mol. The summed E-state index contributed by atoms with van der Waals surface area (Å²) in [6.45, 7) is 0. The van der Waals surface area contributed by atoms with Crippen molar-refractivity contribution in [1.82, 2.24) is 0 Å². The van der Waals surface area contributed by atoms with Crippen molar-refractivity contribution in [3.8, 4) is 0 Å². The fraction of sp³-hybridized carbons (Fsp3) is 0.714. The number of ketones is 1. The molecule has 0 heterocycles. The molecule has 0 rings (SSSR count). The van der Waals surface area contributed by atoms with Gasteiger partial charge in [0.2, 0.25) is 0 Å². The van der Waals surface area contributed by atoms with Crippen molar-refractivity contribution >= 4 is 12.1 Å². The first-order valence-electron chi connectivity index (χ1n) is 3.25. The Hall–Kier alpha value is 0.260. The van der Waals surface area contributed by atoms with E-state index in [-0.39, 0.29) is 49.6 Å². The summed E-state index contributed by atoms with van der Waals surface area (Å²) in [5, 5.41) is 0. The van der Waals surface area contributed by atoms with Crippen LogP contribution in [0.1, 0.15) is 14.3 Å². The van der Waals surface area contributed by atoms with E-state index >= 15 is 0 Å². The Labute approximate surface area is 95.4 Å². The first kappa shape index (κ1) is 14.8. The van der Waals surface area contributed by atoms with E-state index < -0.39 is 6.29 Å². The Morgan fingerprint density at radius 3 is 2.33 bits per heavy atom. The first-order valence-corrected chi connectivity index (χ1v) is 3.25. The van der Waals surface area contributed by atoms with Gasteiger partial charge in [0.1, 0.15) is 12.1 Å². The average molecular weight is 184 g/mol. The molecule has 0 bridgehead atoms. The summed E-state index contributed by atoms with van der Waals surface area (Å²) >= 11 is 0. The SMILES string of the molecule is COC(CC(=O)CC=O)OC.[H-].[Na+].